The summed E-state index contributed by atoms with van der Waals surface area (Å²) in [7, 11) is 5.08. The largest absolute Gasteiger partial charge is 0.496 e. The fourth-order valence-electron chi connectivity index (χ4n) is 16.2. The molecule has 0 saturated carbocycles. The molecular weight excluding hydrogens is 1690 g/mol. The van der Waals surface area contributed by atoms with E-state index in [1.807, 2.05) is 180 Å². The Morgan fingerprint density at radius 3 is 1.21 bits per heavy atom. The number of ether oxygens (including phenoxy) is 4. The molecule has 1 aromatic carbocycles. The number of rotatable bonds is 33. The topological polar surface area (TPSA) is 357 Å². The lowest BCUT2D eigenvalue weighted by molar-refractivity contribution is 0.158. The van der Waals surface area contributed by atoms with Gasteiger partial charge in [0, 0.05) is 130 Å². The fourth-order valence-corrected chi connectivity index (χ4v) is 16.3. The third-order valence-electron chi connectivity index (χ3n) is 22.3. The average molecular weight is 1810 g/mol. The smallest absolute Gasteiger partial charge is 0.154 e. The van der Waals surface area contributed by atoms with Crippen molar-refractivity contribution >= 4 is 95.9 Å². The van der Waals surface area contributed by atoms with Gasteiger partial charge < -0.3 is 77.4 Å². The number of hydrogen-bond donors (Lipinski definition) is 5. The fraction of sp³-hybridized carbons (Fsp3) is 0.367. The van der Waals surface area contributed by atoms with Crippen molar-refractivity contribution in [3.8, 4) is 11.5 Å². The standard InChI is InChI=1S/C24H28N6O.C20H27N5O.C19H25N5O2.C18H17ClN6O.C17H21N5O/c1-17-12-21(28-31-17)14-25-24-23-22(26-18(2)27-24)8-11-30(23)16-20-7-5-6-19(13-20)15-29-9-3-4-10-29;1-6-7-9-21-20-18-16(23-15(4)24-20)8-10-25(18)12-17-14(3)19(26-5)13(2)11-22-17;1-12-10-21-16(13(2)18(12)26-5)11-24-8-6-15-17(24)19(20-7-9-25-4)23-14(3)22-15;1-11-8-14(24-26-11)9-20-18-17-15(21-12(2)22-18)6-7-25(17)10-13-4-3-5-16(19)23-13;1-3-23-11-9-19-17-16-15(20-13(2)21-17)7-10-22(16)12-14-6-4-5-8-18-14/h5-8,11-13H,3-4,9-10,14-16H2,1-2H3,(H,25,26,27);8,10-11H,6-7,9,12H2,1-5H3,(H,21,23,24);6,8,10H,7,9,11H2,1-5H3,(H,20,22,23);3-8H,9-10H2,1-2H3,(H,20,21,22);4-8,10H,3,9,11-12H2,1-2H3,(H,19,20,21). The Morgan fingerprint density at radius 2 is 0.803 bits per heavy atom. The second kappa shape index (κ2) is 45.1. The van der Waals surface area contributed by atoms with Gasteiger partial charge in [-0.05, 0) is 181 Å². The lowest BCUT2D eigenvalue weighted by Gasteiger charge is -2.16. The number of nitrogens with zero attached hydrogens (tertiary/aromatic N) is 22. The van der Waals surface area contributed by atoms with Gasteiger partial charge >= 0.3 is 0 Å². The third-order valence-corrected chi connectivity index (χ3v) is 22.5. The van der Waals surface area contributed by atoms with Crippen LogP contribution in [-0.4, -0.2) is 182 Å². The molecule has 0 atom stereocenters. The number of pyridine rings is 4. The molecule has 1 aliphatic rings. The first kappa shape index (κ1) is 94.2. The predicted octanol–water partition coefficient (Wildman–Crippen LogP) is 17.6. The minimum Gasteiger partial charge on any atom is -0.496 e. The first-order chi connectivity index (χ1) is 64.1. The van der Waals surface area contributed by atoms with Crippen molar-refractivity contribution in [2.24, 2.45) is 0 Å². The summed E-state index contributed by atoms with van der Waals surface area (Å²) in [5.41, 5.74) is 21.9. The molecule has 16 aromatic heterocycles. The number of methoxy groups -OCH3 is 3. The van der Waals surface area contributed by atoms with Gasteiger partial charge in [0.05, 0.1) is 117 Å². The van der Waals surface area contributed by atoms with Crippen LogP contribution in [0.2, 0.25) is 5.15 Å². The van der Waals surface area contributed by atoms with Crippen molar-refractivity contribution in [1.29, 1.82) is 0 Å². The summed E-state index contributed by atoms with van der Waals surface area (Å²) in [6.07, 6.45) is 20.6. The van der Waals surface area contributed by atoms with Crippen LogP contribution in [0.5, 0.6) is 11.5 Å². The summed E-state index contributed by atoms with van der Waals surface area (Å²) in [6.45, 7) is 37.7. The minimum absolute atomic E-state index is 0.478. The van der Waals surface area contributed by atoms with E-state index in [9.17, 15) is 0 Å². The van der Waals surface area contributed by atoms with E-state index in [2.05, 4.69) is 191 Å². The molecule has 17 heterocycles. The molecule has 18 rings (SSSR count). The lowest BCUT2D eigenvalue weighted by Crippen LogP contribution is -2.18. The molecular formula is C98H118ClN27O6. The van der Waals surface area contributed by atoms with Gasteiger partial charge in [-0.25, -0.2) is 54.8 Å². The quantitative estimate of drug-likeness (QED) is 0.0188. The first-order valence-corrected chi connectivity index (χ1v) is 45.0. The number of aromatic nitrogens is 21. The SMILES string of the molecule is CCCCNc1nc(C)nc2ccn(Cc3ncc(C)c(OC)c3C)c12.CCOCCNc1nc(C)nc2ccn(Cc3ccccn3)c12.COCCNc1nc(C)nc2ccn(Cc3ncc(C)c(OC)c3C)c12.Cc1nc(NCc2cc(C)on2)c2c(ccn2Cc2cccc(CN3CCCC3)c2)n1.Cc1nc(NCc2cc(C)on2)c2c(ccn2Cc2cccc(Cl)n2)n1. The molecule has 0 aliphatic carbocycles. The van der Waals surface area contributed by atoms with E-state index in [1.54, 1.807) is 27.4 Å². The Labute approximate surface area is 773 Å². The number of likely N-dealkylation sites (tertiary alicyclic amines) is 1. The molecule has 1 fully saturated rings. The predicted molar refractivity (Wildman–Crippen MR) is 518 cm³/mol. The highest BCUT2D eigenvalue weighted by molar-refractivity contribution is 6.29. The van der Waals surface area contributed by atoms with Gasteiger partial charge in [-0.2, -0.15) is 0 Å². The Kier molecular flexibility index (Phi) is 32.2. The van der Waals surface area contributed by atoms with Crippen LogP contribution in [0.25, 0.3) is 55.2 Å². The normalized spacial score (nSPS) is 11.9. The number of halogens is 1. The molecule has 0 unspecified atom stereocenters. The number of unbranched alkanes of at least 4 members (excludes halogenated alkanes) is 1. The van der Waals surface area contributed by atoms with Crippen molar-refractivity contribution in [2.45, 2.75) is 168 Å². The van der Waals surface area contributed by atoms with E-state index in [4.69, 9.17) is 39.6 Å². The van der Waals surface area contributed by atoms with Crippen molar-refractivity contribution < 1.29 is 28.0 Å². The van der Waals surface area contributed by atoms with Crippen LogP contribution in [0.4, 0.5) is 29.1 Å². The maximum Gasteiger partial charge on any atom is 0.154 e. The maximum absolute atomic E-state index is 6.00. The van der Waals surface area contributed by atoms with Crippen LogP contribution >= 0.6 is 11.6 Å². The van der Waals surface area contributed by atoms with Crippen LogP contribution in [0, 0.1) is 76.2 Å². The number of fused-ring (bicyclic) bond motifs is 5. The summed E-state index contributed by atoms with van der Waals surface area (Å²) in [6, 6.07) is 34.4. The van der Waals surface area contributed by atoms with Crippen LogP contribution in [0.15, 0.2) is 162 Å². The molecule has 0 bridgehead atoms. The second-order valence-corrected chi connectivity index (χ2v) is 32.9. The van der Waals surface area contributed by atoms with Gasteiger partial charge in [0.2, 0.25) is 0 Å². The van der Waals surface area contributed by atoms with Crippen LogP contribution in [-0.2, 0) is 61.8 Å². The van der Waals surface area contributed by atoms with E-state index < -0.39 is 0 Å². The van der Waals surface area contributed by atoms with Crippen molar-refractivity contribution in [3.63, 3.8) is 0 Å². The highest BCUT2D eigenvalue weighted by Gasteiger charge is 2.22. The molecule has 0 spiro atoms. The van der Waals surface area contributed by atoms with E-state index in [-0.39, 0.29) is 0 Å². The number of anilines is 5. The molecule has 0 radical (unpaired) electrons. The first-order valence-electron chi connectivity index (χ1n) is 44.7. The number of benzene rings is 1. The Hall–Kier alpha value is -13.9. The molecule has 34 heteroatoms. The highest BCUT2D eigenvalue weighted by Crippen LogP contribution is 2.33. The van der Waals surface area contributed by atoms with Gasteiger partial charge in [0.25, 0.3) is 0 Å². The summed E-state index contributed by atoms with van der Waals surface area (Å²) < 4.78 is 42.6. The third kappa shape index (κ3) is 24.2. The molecule has 1 saturated heterocycles. The van der Waals surface area contributed by atoms with Gasteiger partial charge in [-0.3, -0.25) is 19.9 Å². The highest BCUT2D eigenvalue weighted by atomic mass is 35.5. The molecule has 0 amide bonds. The lowest BCUT2D eigenvalue weighted by atomic mass is 10.1. The van der Waals surface area contributed by atoms with Crippen LogP contribution in [0.1, 0.15) is 148 Å². The Bertz CT molecular complexity index is 6560. The molecule has 17 aromatic rings. The van der Waals surface area contributed by atoms with E-state index in [0.29, 0.717) is 76.5 Å². The zero-order valence-electron chi connectivity index (χ0n) is 78.2. The van der Waals surface area contributed by atoms with E-state index in [0.717, 1.165) is 226 Å². The molecule has 33 nitrogen and oxygen atoms in total. The molecule has 688 valence electrons. The van der Waals surface area contributed by atoms with Crippen LogP contribution < -0.4 is 36.1 Å². The second-order valence-electron chi connectivity index (χ2n) is 32.5. The average Bonchev–Trinajstić information content (AvgIpc) is 1.66. The Morgan fingerprint density at radius 1 is 0.394 bits per heavy atom. The monoisotopic (exact) mass is 1800 g/mol. The minimum atomic E-state index is 0.478. The van der Waals surface area contributed by atoms with Crippen molar-refractivity contribution in [2.75, 3.05) is 100 Å². The number of nitrogens with one attached hydrogen (secondary N) is 5. The molecule has 132 heavy (non-hydrogen) atoms. The van der Waals surface area contributed by atoms with Crippen LogP contribution in [0.3, 0.4) is 0 Å². The summed E-state index contributed by atoms with van der Waals surface area (Å²) in [4.78, 5) is 66.3. The van der Waals surface area contributed by atoms with E-state index >= 15 is 0 Å². The van der Waals surface area contributed by atoms with E-state index in [1.165, 1.54) is 37.1 Å². The number of aryl methyl sites for hydroxylation is 9. The zero-order chi connectivity index (χ0) is 92.7. The van der Waals surface area contributed by atoms with Crippen molar-refractivity contribution in [3.05, 3.63) is 266 Å². The summed E-state index contributed by atoms with van der Waals surface area (Å²) in [5.74, 6) is 11.2. The number of hydrogen-bond acceptors (Lipinski definition) is 28. The van der Waals surface area contributed by atoms with Gasteiger partial charge in [0.15, 0.2) is 29.1 Å². The summed E-state index contributed by atoms with van der Waals surface area (Å²) >= 11 is 6.00. The molecule has 1 aliphatic heterocycles. The Balaban J connectivity index is 0.000000133. The van der Waals surface area contributed by atoms with Gasteiger partial charge in [-0.1, -0.05) is 71.7 Å². The maximum atomic E-state index is 6.00. The summed E-state index contributed by atoms with van der Waals surface area (Å²) in [5, 5.41) is 25.5. The van der Waals surface area contributed by atoms with Crippen molar-refractivity contribution in [1.82, 2.24) is 108 Å². The van der Waals surface area contributed by atoms with Gasteiger partial charge in [-0.15, -0.1) is 0 Å². The van der Waals surface area contributed by atoms with Gasteiger partial charge in [0.1, 0.15) is 96.3 Å². The molecule has 5 N–H and O–H groups in total. The zero-order valence-corrected chi connectivity index (χ0v) is 79.0.